The van der Waals surface area contributed by atoms with Crippen molar-refractivity contribution in [3.05, 3.63) is 58.0 Å². The molecule has 1 saturated carbocycles. The van der Waals surface area contributed by atoms with Crippen LogP contribution in [0.15, 0.2) is 46.9 Å². The number of hydrogen-bond acceptors (Lipinski definition) is 6. The molecule has 4 rings (SSSR count). The van der Waals surface area contributed by atoms with Gasteiger partial charge in [0.1, 0.15) is 5.82 Å². The number of rotatable bonds is 9. The smallest absolute Gasteiger partial charge is 0.224 e. The Morgan fingerprint density at radius 1 is 1.12 bits per heavy atom. The molecule has 0 saturated heterocycles. The number of hydrogen-bond donors (Lipinski definition) is 1. The molecule has 3 aromatic rings. The molecule has 1 aliphatic rings. The molecule has 1 aromatic carbocycles. The lowest BCUT2D eigenvalue weighted by Crippen LogP contribution is -2.17. The van der Waals surface area contributed by atoms with Crippen LogP contribution in [0.25, 0.3) is 0 Å². The van der Waals surface area contributed by atoms with E-state index in [0.29, 0.717) is 29.5 Å². The standard InChI is InChI=1S/C24H28N4O2S2/c1-2-23(30)25-18-12-10-17(11-13-18)21(29)16-32-24-27-26-22(15-20-9-6-14-31-20)28(24)19-7-4-3-5-8-19/h6,9-14,19H,2-5,7-8,15-16H2,1H3,(H,25,30). The molecule has 8 heteroatoms. The molecule has 0 spiro atoms. The van der Waals surface area contributed by atoms with Gasteiger partial charge in [-0.25, -0.2) is 0 Å². The Kier molecular flexibility index (Phi) is 7.76. The minimum Gasteiger partial charge on any atom is -0.326 e. The van der Waals surface area contributed by atoms with Gasteiger partial charge in [0, 0.05) is 35.0 Å². The third kappa shape index (κ3) is 5.66. The molecule has 1 fully saturated rings. The maximum Gasteiger partial charge on any atom is 0.224 e. The van der Waals surface area contributed by atoms with Crippen LogP contribution in [0.2, 0.25) is 0 Å². The Morgan fingerprint density at radius 3 is 2.59 bits per heavy atom. The highest BCUT2D eigenvalue weighted by atomic mass is 32.2. The average molecular weight is 469 g/mol. The fourth-order valence-corrected chi connectivity index (χ4v) is 5.62. The second kappa shape index (κ2) is 10.9. The van der Waals surface area contributed by atoms with Crippen molar-refractivity contribution in [3.63, 3.8) is 0 Å². The largest absolute Gasteiger partial charge is 0.326 e. The zero-order chi connectivity index (χ0) is 22.3. The number of nitrogens with one attached hydrogen (secondary N) is 1. The van der Waals surface area contributed by atoms with Crippen molar-refractivity contribution in [2.24, 2.45) is 0 Å². The zero-order valence-corrected chi connectivity index (χ0v) is 19.9. The maximum absolute atomic E-state index is 12.8. The van der Waals surface area contributed by atoms with Crippen molar-refractivity contribution < 1.29 is 9.59 Å². The van der Waals surface area contributed by atoms with E-state index in [-0.39, 0.29) is 11.7 Å². The van der Waals surface area contributed by atoms with E-state index >= 15 is 0 Å². The summed E-state index contributed by atoms with van der Waals surface area (Å²) in [5.74, 6) is 1.30. The van der Waals surface area contributed by atoms with E-state index in [4.69, 9.17) is 0 Å². The topological polar surface area (TPSA) is 76.9 Å². The first-order chi connectivity index (χ1) is 15.6. The summed E-state index contributed by atoms with van der Waals surface area (Å²) in [6.07, 6.45) is 7.23. The number of anilines is 1. The maximum atomic E-state index is 12.8. The van der Waals surface area contributed by atoms with E-state index in [2.05, 4.69) is 37.6 Å². The minimum absolute atomic E-state index is 0.0416. The van der Waals surface area contributed by atoms with Crippen molar-refractivity contribution >= 4 is 40.5 Å². The number of carbonyl (C=O) groups is 2. The molecule has 0 unspecified atom stereocenters. The van der Waals surface area contributed by atoms with Crippen LogP contribution < -0.4 is 5.32 Å². The van der Waals surface area contributed by atoms with Gasteiger partial charge < -0.3 is 9.88 Å². The number of nitrogens with zero attached hydrogens (tertiary/aromatic N) is 3. The van der Waals surface area contributed by atoms with Gasteiger partial charge in [0.25, 0.3) is 0 Å². The lowest BCUT2D eigenvalue weighted by atomic mass is 9.95. The molecule has 168 valence electrons. The van der Waals surface area contributed by atoms with Gasteiger partial charge in [-0.2, -0.15) is 0 Å². The van der Waals surface area contributed by atoms with Crippen molar-refractivity contribution in [2.75, 3.05) is 11.1 Å². The Balaban J connectivity index is 1.45. The van der Waals surface area contributed by atoms with Crippen LogP contribution in [0.4, 0.5) is 5.69 Å². The number of thiophene rings is 1. The molecule has 1 aliphatic carbocycles. The van der Waals surface area contributed by atoms with Crippen LogP contribution >= 0.6 is 23.1 Å². The van der Waals surface area contributed by atoms with Crippen molar-refractivity contribution in [1.29, 1.82) is 0 Å². The van der Waals surface area contributed by atoms with Crippen molar-refractivity contribution in [3.8, 4) is 0 Å². The summed E-state index contributed by atoms with van der Waals surface area (Å²) in [5, 5.41) is 14.7. The van der Waals surface area contributed by atoms with Gasteiger partial charge in [0.2, 0.25) is 5.91 Å². The zero-order valence-electron chi connectivity index (χ0n) is 18.3. The van der Waals surface area contributed by atoms with E-state index in [9.17, 15) is 9.59 Å². The first-order valence-electron chi connectivity index (χ1n) is 11.2. The molecule has 1 N–H and O–H groups in total. The van der Waals surface area contributed by atoms with Crippen molar-refractivity contribution in [1.82, 2.24) is 14.8 Å². The predicted octanol–water partition coefficient (Wildman–Crippen LogP) is 5.76. The summed E-state index contributed by atoms with van der Waals surface area (Å²) < 4.78 is 2.29. The van der Waals surface area contributed by atoms with Gasteiger partial charge in [0.15, 0.2) is 10.9 Å². The number of Topliss-reactive ketones (excluding diaryl/α,β-unsaturated/α-hetero) is 1. The third-order valence-electron chi connectivity index (χ3n) is 5.73. The summed E-state index contributed by atoms with van der Waals surface area (Å²) >= 11 is 3.20. The van der Waals surface area contributed by atoms with E-state index in [1.54, 1.807) is 35.6 Å². The molecule has 32 heavy (non-hydrogen) atoms. The number of carbonyl (C=O) groups excluding carboxylic acids is 2. The van der Waals surface area contributed by atoms with Crippen LogP contribution in [-0.4, -0.2) is 32.2 Å². The number of aromatic nitrogens is 3. The highest BCUT2D eigenvalue weighted by Crippen LogP contribution is 2.33. The monoisotopic (exact) mass is 468 g/mol. The Labute approximate surface area is 196 Å². The third-order valence-corrected chi connectivity index (χ3v) is 7.55. The van der Waals surface area contributed by atoms with Crippen LogP contribution in [0.3, 0.4) is 0 Å². The van der Waals surface area contributed by atoms with E-state index in [0.717, 1.165) is 30.2 Å². The predicted molar refractivity (Wildman–Crippen MR) is 130 cm³/mol. The fourth-order valence-electron chi connectivity index (χ4n) is 4.00. The Hall–Kier alpha value is -2.45. The molecule has 6 nitrogen and oxygen atoms in total. The molecule has 2 aromatic heterocycles. The van der Waals surface area contributed by atoms with E-state index in [1.807, 2.05) is 6.92 Å². The first-order valence-corrected chi connectivity index (χ1v) is 13.0. The van der Waals surface area contributed by atoms with Gasteiger partial charge >= 0.3 is 0 Å². The summed E-state index contributed by atoms with van der Waals surface area (Å²) in [7, 11) is 0. The van der Waals surface area contributed by atoms with Gasteiger partial charge in [0.05, 0.1) is 5.75 Å². The first kappa shape index (κ1) is 22.7. The highest BCUT2D eigenvalue weighted by Gasteiger charge is 2.24. The van der Waals surface area contributed by atoms with Gasteiger partial charge in [-0.05, 0) is 48.6 Å². The summed E-state index contributed by atoms with van der Waals surface area (Å²) in [5.41, 5.74) is 1.34. The van der Waals surface area contributed by atoms with Gasteiger partial charge in [-0.1, -0.05) is 44.0 Å². The van der Waals surface area contributed by atoms with E-state index in [1.165, 1.54) is 35.9 Å². The highest BCUT2D eigenvalue weighted by molar-refractivity contribution is 7.99. The van der Waals surface area contributed by atoms with Crippen LogP contribution in [-0.2, 0) is 11.2 Å². The molecule has 2 heterocycles. The lowest BCUT2D eigenvalue weighted by Gasteiger charge is -2.25. The minimum atomic E-state index is -0.0416. The number of benzene rings is 1. The fraction of sp³-hybridized carbons (Fsp3) is 0.417. The quantitative estimate of drug-likeness (QED) is 0.319. The molecule has 0 bridgehead atoms. The SMILES string of the molecule is CCC(=O)Nc1ccc(C(=O)CSc2nnc(Cc3cccs3)n2C2CCCCC2)cc1. The van der Waals surface area contributed by atoms with Crippen LogP contribution in [0.5, 0.6) is 0 Å². The second-order valence-corrected chi connectivity index (χ2v) is 9.98. The molecule has 0 atom stereocenters. The normalized spacial score (nSPS) is 14.4. The van der Waals surface area contributed by atoms with Crippen molar-refractivity contribution in [2.45, 2.75) is 63.1 Å². The Bertz CT molecular complexity index is 1040. The molecule has 0 aliphatic heterocycles. The summed E-state index contributed by atoms with van der Waals surface area (Å²) in [4.78, 5) is 25.6. The molecule has 0 radical (unpaired) electrons. The molecular formula is C24H28N4O2S2. The lowest BCUT2D eigenvalue weighted by molar-refractivity contribution is -0.115. The number of amides is 1. The van der Waals surface area contributed by atoms with Gasteiger partial charge in [-0.15, -0.1) is 21.5 Å². The Morgan fingerprint density at radius 2 is 1.91 bits per heavy atom. The van der Waals surface area contributed by atoms with Crippen LogP contribution in [0.1, 0.15) is 72.6 Å². The van der Waals surface area contributed by atoms with E-state index < -0.39 is 0 Å². The number of thioether (sulfide) groups is 1. The number of ketones is 1. The molecular weight excluding hydrogens is 440 g/mol. The summed E-state index contributed by atoms with van der Waals surface area (Å²) in [6.45, 7) is 1.81. The van der Waals surface area contributed by atoms with Crippen LogP contribution in [0, 0.1) is 0 Å². The second-order valence-electron chi connectivity index (χ2n) is 8.01. The summed E-state index contributed by atoms with van der Waals surface area (Å²) in [6, 6.07) is 11.7. The molecule has 1 amide bonds. The average Bonchev–Trinajstić information content (AvgIpc) is 3.48. The van der Waals surface area contributed by atoms with Gasteiger partial charge in [-0.3, -0.25) is 9.59 Å².